The zero-order valence-corrected chi connectivity index (χ0v) is 18.9. The Kier molecular flexibility index (Phi) is 7.59. The predicted molar refractivity (Wildman–Crippen MR) is 111 cm³/mol. The highest BCUT2D eigenvalue weighted by Gasteiger charge is 2.29. The summed E-state index contributed by atoms with van der Waals surface area (Å²) >= 11 is 0. The van der Waals surface area contributed by atoms with Gasteiger partial charge in [0.1, 0.15) is 6.04 Å². The van der Waals surface area contributed by atoms with Gasteiger partial charge in [-0.05, 0) is 31.0 Å². The van der Waals surface area contributed by atoms with E-state index in [-0.39, 0.29) is 42.0 Å². The number of carbonyl (C=O) groups excluding carboxylic acids is 2. The minimum Gasteiger partial charge on any atom is -0.454 e. The summed E-state index contributed by atoms with van der Waals surface area (Å²) in [5, 5.41) is 6.24. The number of amides is 1. The van der Waals surface area contributed by atoms with Crippen LogP contribution in [0.2, 0.25) is 0 Å². The number of hydrogen-bond donors (Lipinski definition) is 1. The highest BCUT2D eigenvalue weighted by Crippen LogP contribution is 2.19. The monoisotopic (exact) mass is 466 g/mol. The lowest BCUT2D eigenvalue weighted by molar-refractivity contribution is -0.149. The van der Waals surface area contributed by atoms with Crippen molar-refractivity contribution in [3.05, 3.63) is 41.5 Å². The van der Waals surface area contributed by atoms with Crippen molar-refractivity contribution in [3.63, 3.8) is 0 Å². The minimum atomic E-state index is -3.76. The average Bonchev–Trinajstić information content (AvgIpc) is 3.21. The number of benzene rings is 1. The molecular formula is C20H26N4O7S. The number of morpholine rings is 1. The third kappa shape index (κ3) is 5.69. The van der Waals surface area contributed by atoms with E-state index in [0.29, 0.717) is 19.0 Å². The Labute approximate surface area is 186 Å². The number of nitrogens with one attached hydrogen (secondary N) is 1. The van der Waals surface area contributed by atoms with E-state index in [0.717, 1.165) is 0 Å². The Morgan fingerprint density at radius 3 is 2.59 bits per heavy atom. The van der Waals surface area contributed by atoms with E-state index in [1.54, 1.807) is 20.8 Å². The van der Waals surface area contributed by atoms with Gasteiger partial charge in [0.25, 0.3) is 11.8 Å². The summed E-state index contributed by atoms with van der Waals surface area (Å²) < 4.78 is 42.4. The van der Waals surface area contributed by atoms with Gasteiger partial charge in [-0.1, -0.05) is 25.1 Å². The molecule has 0 bridgehead atoms. The second-order valence-electron chi connectivity index (χ2n) is 7.58. The SMILES string of the molecule is Cc1noc(COC(=O)[C@@H](NC(=O)c2cccc(S(=O)(=O)N3CCOCC3)c2)C(C)C)n1. The minimum absolute atomic E-state index is 0.00230. The van der Waals surface area contributed by atoms with Crippen LogP contribution in [0.1, 0.15) is 35.9 Å². The molecule has 1 aliphatic heterocycles. The Morgan fingerprint density at radius 1 is 1.25 bits per heavy atom. The van der Waals surface area contributed by atoms with Gasteiger partial charge >= 0.3 is 5.97 Å². The van der Waals surface area contributed by atoms with Gasteiger partial charge in [-0.3, -0.25) is 4.79 Å². The lowest BCUT2D eigenvalue weighted by Gasteiger charge is -2.26. The molecule has 1 fully saturated rings. The number of rotatable bonds is 8. The molecule has 3 rings (SSSR count). The van der Waals surface area contributed by atoms with Gasteiger partial charge < -0.3 is 19.3 Å². The van der Waals surface area contributed by atoms with Crippen LogP contribution in [0.25, 0.3) is 0 Å². The van der Waals surface area contributed by atoms with E-state index in [2.05, 4.69) is 15.5 Å². The van der Waals surface area contributed by atoms with Crippen molar-refractivity contribution >= 4 is 21.9 Å². The molecule has 2 aromatic rings. The Hall–Kier alpha value is -2.83. The van der Waals surface area contributed by atoms with Gasteiger partial charge in [0, 0.05) is 18.7 Å². The predicted octanol–water partition coefficient (Wildman–Crippen LogP) is 0.897. The standard InChI is InChI=1S/C20H26N4O7S/c1-13(2)18(20(26)30-12-17-21-14(3)23-31-17)22-19(25)15-5-4-6-16(11-15)32(27,28)24-7-9-29-10-8-24/h4-6,11,13,18H,7-10,12H2,1-3H3,(H,22,25)/t18-/m0/s1. The van der Waals surface area contributed by atoms with E-state index in [1.165, 1.54) is 28.6 Å². The van der Waals surface area contributed by atoms with E-state index < -0.39 is 27.9 Å². The number of sulfonamides is 1. The number of nitrogens with zero attached hydrogens (tertiary/aromatic N) is 3. The fourth-order valence-electron chi connectivity index (χ4n) is 3.08. The normalized spacial score (nSPS) is 16.0. The summed E-state index contributed by atoms with van der Waals surface area (Å²) in [5.74, 6) is -0.979. The number of ether oxygens (including phenoxy) is 2. The molecule has 174 valence electrons. The quantitative estimate of drug-likeness (QED) is 0.562. The maximum Gasteiger partial charge on any atom is 0.329 e. The molecule has 1 atom stereocenters. The molecule has 0 spiro atoms. The van der Waals surface area contributed by atoms with Crippen molar-refractivity contribution < 1.29 is 32.0 Å². The third-order valence-corrected chi connectivity index (χ3v) is 6.71. The largest absolute Gasteiger partial charge is 0.454 e. The lowest BCUT2D eigenvalue weighted by Crippen LogP contribution is -2.45. The highest BCUT2D eigenvalue weighted by molar-refractivity contribution is 7.89. The van der Waals surface area contributed by atoms with Gasteiger partial charge in [0.05, 0.1) is 18.1 Å². The lowest BCUT2D eigenvalue weighted by atomic mass is 10.0. The molecule has 0 radical (unpaired) electrons. The van der Waals surface area contributed by atoms with Crippen molar-refractivity contribution in [2.75, 3.05) is 26.3 Å². The van der Waals surface area contributed by atoms with Crippen molar-refractivity contribution in [2.24, 2.45) is 5.92 Å². The molecule has 1 N–H and O–H groups in total. The first kappa shape index (κ1) is 23.8. The number of hydrogen-bond acceptors (Lipinski definition) is 9. The van der Waals surface area contributed by atoms with E-state index in [1.807, 2.05) is 0 Å². The van der Waals surface area contributed by atoms with Crippen molar-refractivity contribution in [3.8, 4) is 0 Å². The molecule has 32 heavy (non-hydrogen) atoms. The molecule has 1 aromatic heterocycles. The first-order valence-electron chi connectivity index (χ1n) is 10.1. The number of aromatic nitrogens is 2. The first-order valence-corrected chi connectivity index (χ1v) is 11.6. The summed E-state index contributed by atoms with van der Waals surface area (Å²) in [6.45, 7) is 6.07. The first-order chi connectivity index (χ1) is 15.2. The molecule has 2 heterocycles. The van der Waals surface area contributed by atoms with Gasteiger partial charge in [-0.2, -0.15) is 9.29 Å². The van der Waals surface area contributed by atoms with E-state index in [4.69, 9.17) is 14.0 Å². The van der Waals surface area contributed by atoms with Gasteiger partial charge in [-0.15, -0.1) is 0 Å². The van der Waals surface area contributed by atoms with Crippen LogP contribution in [0.3, 0.4) is 0 Å². The number of aryl methyl sites for hydroxylation is 1. The molecule has 0 unspecified atom stereocenters. The number of carbonyl (C=O) groups is 2. The molecule has 1 aromatic carbocycles. The van der Waals surface area contributed by atoms with Crippen LogP contribution in [0.5, 0.6) is 0 Å². The molecule has 12 heteroatoms. The van der Waals surface area contributed by atoms with Crippen molar-refractivity contribution in [1.29, 1.82) is 0 Å². The fraction of sp³-hybridized carbons (Fsp3) is 0.500. The second kappa shape index (κ2) is 10.2. The maximum atomic E-state index is 12.9. The summed E-state index contributed by atoms with van der Waals surface area (Å²) in [6, 6.07) is 4.75. The maximum absolute atomic E-state index is 12.9. The van der Waals surface area contributed by atoms with Gasteiger partial charge in [0.2, 0.25) is 10.0 Å². The molecule has 11 nitrogen and oxygen atoms in total. The van der Waals surface area contributed by atoms with Crippen LogP contribution in [-0.2, 0) is 30.9 Å². The smallest absolute Gasteiger partial charge is 0.329 e. The van der Waals surface area contributed by atoms with Crippen molar-refractivity contribution in [2.45, 2.75) is 38.3 Å². The van der Waals surface area contributed by atoms with Crippen LogP contribution < -0.4 is 5.32 Å². The highest BCUT2D eigenvalue weighted by atomic mass is 32.2. The summed E-state index contributed by atoms with van der Waals surface area (Å²) in [5.41, 5.74) is 0.116. The average molecular weight is 467 g/mol. The van der Waals surface area contributed by atoms with Crippen LogP contribution >= 0.6 is 0 Å². The molecule has 0 aliphatic carbocycles. The topological polar surface area (TPSA) is 141 Å². The Morgan fingerprint density at radius 2 is 1.97 bits per heavy atom. The fourth-order valence-corrected chi connectivity index (χ4v) is 4.53. The Bertz CT molecular complexity index is 1060. The molecule has 1 amide bonds. The Balaban J connectivity index is 1.70. The van der Waals surface area contributed by atoms with Crippen molar-refractivity contribution in [1.82, 2.24) is 19.8 Å². The zero-order valence-electron chi connectivity index (χ0n) is 18.1. The summed E-state index contributed by atoms with van der Waals surface area (Å²) in [7, 11) is -3.76. The molecular weight excluding hydrogens is 440 g/mol. The summed E-state index contributed by atoms with van der Waals surface area (Å²) in [4.78, 5) is 29.3. The molecule has 0 saturated carbocycles. The van der Waals surface area contributed by atoms with Crippen LogP contribution in [0.15, 0.2) is 33.7 Å². The van der Waals surface area contributed by atoms with Crippen LogP contribution in [-0.4, -0.2) is 67.1 Å². The van der Waals surface area contributed by atoms with Gasteiger partial charge in [0.15, 0.2) is 12.4 Å². The van der Waals surface area contributed by atoms with Gasteiger partial charge in [-0.25, -0.2) is 13.2 Å². The van der Waals surface area contributed by atoms with E-state index in [9.17, 15) is 18.0 Å². The third-order valence-electron chi connectivity index (χ3n) is 4.82. The van der Waals surface area contributed by atoms with Crippen LogP contribution in [0.4, 0.5) is 0 Å². The molecule has 1 aliphatic rings. The van der Waals surface area contributed by atoms with Crippen LogP contribution in [0, 0.1) is 12.8 Å². The number of esters is 1. The second-order valence-corrected chi connectivity index (χ2v) is 9.52. The summed E-state index contributed by atoms with van der Waals surface area (Å²) in [6.07, 6.45) is 0. The zero-order chi connectivity index (χ0) is 23.3. The molecule has 1 saturated heterocycles. The van der Waals surface area contributed by atoms with E-state index >= 15 is 0 Å².